The third-order valence-corrected chi connectivity index (χ3v) is 6.97. The van der Waals surface area contributed by atoms with Gasteiger partial charge in [0.05, 0.1) is 0 Å². The van der Waals surface area contributed by atoms with Gasteiger partial charge in [0.25, 0.3) is 5.91 Å². The van der Waals surface area contributed by atoms with E-state index in [9.17, 15) is 4.79 Å². The first-order chi connectivity index (χ1) is 16.7. The van der Waals surface area contributed by atoms with Crippen molar-refractivity contribution in [2.45, 2.75) is 23.6 Å². The summed E-state index contributed by atoms with van der Waals surface area (Å²) in [5.74, 6) is 1.16. The molecule has 1 amide bonds. The molecule has 7 nitrogen and oxygen atoms in total. The fraction of sp³-hybridized carbons (Fsp3) is 0.120. The highest BCUT2D eigenvalue weighted by atomic mass is 32.2. The van der Waals surface area contributed by atoms with Gasteiger partial charge in [0.2, 0.25) is 0 Å². The summed E-state index contributed by atoms with van der Waals surface area (Å²) in [6.45, 7) is 2.31. The van der Waals surface area contributed by atoms with Crippen LogP contribution in [0.3, 0.4) is 0 Å². The number of pyridine rings is 1. The largest absolute Gasteiger partial charge is 0.489 e. The molecule has 0 aliphatic carbocycles. The second-order valence-electron chi connectivity index (χ2n) is 7.41. The lowest BCUT2D eigenvalue weighted by Gasteiger charge is -2.09. The zero-order chi connectivity index (χ0) is 23.3. The second-order valence-corrected chi connectivity index (χ2v) is 9.82. The van der Waals surface area contributed by atoms with Crippen LogP contribution in [0.1, 0.15) is 26.7 Å². The number of hydrogen-bond donors (Lipinski definition) is 1. The number of fused-ring (bicyclic) bond motifs is 1. The molecule has 170 valence electrons. The molecule has 5 rings (SSSR count). The Hall–Kier alpha value is -3.69. The number of para-hydroxylation sites is 1. The van der Waals surface area contributed by atoms with Crippen molar-refractivity contribution in [3.8, 4) is 5.75 Å². The number of rotatable bonds is 8. The van der Waals surface area contributed by atoms with Crippen LogP contribution in [0.5, 0.6) is 5.75 Å². The number of hydrogen-bond acceptors (Lipinski definition) is 8. The smallest absolute Gasteiger partial charge is 0.291 e. The number of amides is 1. The lowest BCUT2D eigenvalue weighted by Crippen LogP contribution is -2.13. The molecule has 0 radical (unpaired) electrons. The zero-order valence-corrected chi connectivity index (χ0v) is 19.9. The van der Waals surface area contributed by atoms with Crippen LogP contribution in [0.4, 0.5) is 5.69 Å². The fourth-order valence-corrected chi connectivity index (χ4v) is 5.24. The summed E-state index contributed by atoms with van der Waals surface area (Å²) in [7, 11) is 0. The van der Waals surface area contributed by atoms with Gasteiger partial charge in [-0.2, -0.15) is 0 Å². The number of aromatic nitrogens is 3. The van der Waals surface area contributed by atoms with Crippen molar-refractivity contribution < 1.29 is 13.9 Å². The van der Waals surface area contributed by atoms with Gasteiger partial charge in [-0.3, -0.25) is 9.78 Å². The second kappa shape index (κ2) is 10.1. The summed E-state index contributed by atoms with van der Waals surface area (Å²) in [5.41, 5.74) is 3.08. The number of thioether (sulfide) groups is 1. The van der Waals surface area contributed by atoms with E-state index in [2.05, 4.69) is 20.5 Å². The van der Waals surface area contributed by atoms with Gasteiger partial charge < -0.3 is 14.5 Å². The van der Waals surface area contributed by atoms with Crippen molar-refractivity contribution in [3.05, 3.63) is 95.0 Å². The van der Waals surface area contributed by atoms with Crippen molar-refractivity contribution in [1.82, 2.24) is 15.2 Å². The summed E-state index contributed by atoms with van der Waals surface area (Å²) in [5, 5.41) is 13.0. The lowest BCUT2D eigenvalue weighted by molar-refractivity contribution is 0.0998. The maximum atomic E-state index is 13.2. The highest BCUT2D eigenvalue weighted by molar-refractivity contribution is 8.00. The predicted molar refractivity (Wildman–Crippen MR) is 133 cm³/mol. The van der Waals surface area contributed by atoms with E-state index in [1.807, 2.05) is 61.5 Å². The Kier molecular flexibility index (Phi) is 6.55. The molecule has 0 aliphatic heterocycles. The first-order valence-corrected chi connectivity index (χ1v) is 12.3. The van der Waals surface area contributed by atoms with E-state index in [1.54, 1.807) is 18.5 Å². The summed E-state index contributed by atoms with van der Waals surface area (Å²) in [6.07, 6.45) is 3.48. The molecule has 5 aromatic rings. The minimum atomic E-state index is -0.315. The van der Waals surface area contributed by atoms with Crippen LogP contribution in [-0.4, -0.2) is 21.1 Å². The standard InChI is InChI=1S/C25H20N4O3S2/c1-16-28-29-25(34-16)33-15-21-20-9-2-3-10-22(20)32-23(21)24(30)27-18-7-4-8-19(12-18)31-14-17-6-5-11-26-13-17/h2-13H,14-15H2,1H3,(H,27,30). The van der Waals surface area contributed by atoms with Gasteiger partial charge in [-0.1, -0.05) is 53.4 Å². The number of carbonyl (C=O) groups excluding carboxylic acids is 1. The van der Waals surface area contributed by atoms with Gasteiger partial charge in [-0.15, -0.1) is 10.2 Å². The number of nitrogens with one attached hydrogen (secondary N) is 1. The summed E-state index contributed by atoms with van der Waals surface area (Å²) in [6, 6.07) is 18.7. The first-order valence-electron chi connectivity index (χ1n) is 10.5. The van der Waals surface area contributed by atoms with Crippen LogP contribution in [0.25, 0.3) is 11.0 Å². The van der Waals surface area contributed by atoms with Crippen LogP contribution in [0, 0.1) is 6.92 Å². The average Bonchev–Trinajstić information content (AvgIpc) is 3.45. The molecule has 0 bridgehead atoms. The van der Waals surface area contributed by atoms with E-state index in [4.69, 9.17) is 9.15 Å². The number of carbonyl (C=O) groups is 1. The van der Waals surface area contributed by atoms with E-state index in [0.29, 0.717) is 29.4 Å². The van der Waals surface area contributed by atoms with Crippen molar-refractivity contribution in [2.75, 3.05) is 5.32 Å². The van der Waals surface area contributed by atoms with E-state index in [-0.39, 0.29) is 11.7 Å². The number of ether oxygens (including phenoxy) is 1. The van der Waals surface area contributed by atoms with Crippen LogP contribution >= 0.6 is 23.1 Å². The predicted octanol–water partition coefficient (Wildman–Crippen LogP) is 6.11. The summed E-state index contributed by atoms with van der Waals surface area (Å²) in [4.78, 5) is 17.3. The van der Waals surface area contributed by atoms with Gasteiger partial charge in [0.1, 0.15) is 22.9 Å². The number of benzene rings is 2. The van der Waals surface area contributed by atoms with Crippen LogP contribution in [0.15, 0.2) is 81.8 Å². The quantitative estimate of drug-likeness (QED) is 0.264. The number of anilines is 1. The van der Waals surface area contributed by atoms with Crippen LogP contribution < -0.4 is 10.1 Å². The maximum Gasteiger partial charge on any atom is 0.291 e. The van der Waals surface area contributed by atoms with E-state index >= 15 is 0 Å². The minimum absolute atomic E-state index is 0.289. The molecule has 0 saturated heterocycles. The van der Waals surface area contributed by atoms with Crippen LogP contribution in [-0.2, 0) is 12.4 Å². The Morgan fingerprint density at radius 3 is 2.85 bits per heavy atom. The Balaban J connectivity index is 1.34. The van der Waals surface area contributed by atoms with Crippen molar-refractivity contribution >= 4 is 45.7 Å². The summed E-state index contributed by atoms with van der Waals surface area (Å²) >= 11 is 3.07. The van der Waals surface area contributed by atoms with Gasteiger partial charge >= 0.3 is 0 Å². The zero-order valence-electron chi connectivity index (χ0n) is 18.2. The number of aryl methyl sites for hydroxylation is 1. The molecule has 3 heterocycles. The van der Waals surface area contributed by atoms with E-state index < -0.39 is 0 Å². The molecule has 0 atom stereocenters. The van der Waals surface area contributed by atoms with Crippen LogP contribution in [0.2, 0.25) is 0 Å². The SMILES string of the molecule is Cc1nnc(SCc2c(C(=O)Nc3cccc(OCc4cccnc4)c3)oc3ccccc23)s1. The van der Waals surface area contributed by atoms with Gasteiger partial charge in [-0.05, 0) is 31.2 Å². The number of furan rings is 1. The Morgan fingerprint density at radius 2 is 2.03 bits per heavy atom. The highest BCUT2D eigenvalue weighted by Crippen LogP contribution is 2.33. The van der Waals surface area contributed by atoms with Gasteiger partial charge in [-0.25, -0.2) is 0 Å². The third kappa shape index (κ3) is 5.11. The molecular weight excluding hydrogens is 468 g/mol. The molecule has 0 saturated carbocycles. The monoisotopic (exact) mass is 488 g/mol. The third-order valence-electron chi connectivity index (χ3n) is 4.97. The van der Waals surface area contributed by atoms with Crippen molar-refractivity contribution in [3.63, 3.8) is 0 Å². The number of nitrogens with zero attached hydrogens (tertiary/aromatic N) is 3. The van der Waals surface area contributed by atoms with E-state index in [1.165, 1.54) is 23.1 Å². The van der Waals surface area contributed by atoms with Crippen molar-refractivity contribution in [2.24, 2.45) is 0 Å². The molecule has 2 aromatic carbocycles. The molecule has 9 heteroatoms. The topological polar surface area (TPSA) is 90.1 Å². The Labute approximate surface area is 204 Å². The fourth-order valence-electron chi connectivity index (χ4n) is 3.40. The molecule has 0 aliphatic rings. The Morgan fingerprint density at radius 1 is 1.12 bits per heavy atom. The molecule has 0 spiro atoms. The van der Waals surface area contributed by atoms with E-state index in [0.717, 1.165) is 25.9 Å². The molecule has 1 N–H and O–H groups in total. The maximum absolute atomic E-state index is 13.2. The normalized spacial score (nSPS) is 11.0. The molecule has 34 heavy (non-hydrogen) atoms. The Bertz CT molecular complexity index is 1430. The molecule has 3 aromatic heterocycles. The highest BCUT2D eigenvalue weighted by Gasteiger charge is 2.21. The average molecular weight is 489 g/mol. The minimum Gasteiger partial charge on any atom is -0.489 e. The van der Waals surface area contributed by atoms with Crippen molar-refractivity contribution in [1.29, 1.82) is 0 Å². The molecular formula is C25H20N4O3S2. The summed E-state index contributed by atoms with van der Waals surface area (Å²) < 4.78 is 12.7. The lowest BCUT2D eigenvalue weighted by atomic mass is 10.1. The first kappa shape index (κ1) is 22.1. The van der Waals surface area contributed by atoms with Gasteiger partial charge in [0.15, 0.2) is 10.1 Å². The molecule has 0 fully saturated rings. The van der Waals surface area contributed by atoms with Gasteiger partial charge in [0, 0.05) is 46.4 Å². The molecule has 0 unspecified atom stereocenters.